The van der Waals surface area contributed by atoms with Gasteiger partial charge in [0.1, 0.15) is 0 Å². The molecule has 1 aliphatic rings. The van der Waals surface area contributed by atoms with Crippen LogP contribution in [0, 0.1) is 11.8 Å². The van der Waals surface area contributed by atoms with E-state index in [9.17, 15) is 0 Å². The third-order valence-corrected chi connectivity index (χ3v) is 4.54. The van der Waals surface area contributed by atoms with E-state index in [-0.39, 0.29) is 0 Å². The van der Waals surface area contributed by atoms with E-state index in [1.165, 1.54) is 65.3 Å². The molecule has 0 aromatic carbocycles. The minimum Gasteiger partial charge on any atom is -0.303 e. The first-order chi connectivity index (χ1) is 10.5. The van der Waals surface area contributed by atoms with Crippen molar-refractivity contribution in [3.05, 3.63) is 0 Å². The fourth-order valence-electron chi connectivity index (χ4n) is 3.33. The molecule has 0 aromatic rings. The third-order valence-electron chi connectivity index (χ3n) is 4.27. The number of rotatable bonds is 11. The lowest BCUT2D eigenvalue weighted by Gasteiger charge is -2.35. The van der Waals surface area contributed by atoms with Gasteiger partial charge in [-0.15, -0.1) is 11.6 Å². The van der Waals surface area contributed by atoms with Crippen molar-refractivity contribution < 1.29 is 0 Å². The summed E-state index contributed by atoms with van der Waals surface area (Å²) in [5.74, 6) is 2.33. The van der Waals surface area contributed by atoms with Crippen LogP contribution in [0.1, 0.15) is 40.5 Å². The summed E-state index contributed by atoms with van der Waals surface area (Å²) in [5.41, 5.74) is 0. The van der Waals surface area contributed by atoms with E-state index >= 15 is 0 Å². The highest BCUT2D eigenvalue weighted by atomic mass is 35.5. The van der Waals surface area contributed by atoms with Gasteiger partial charge in [-0.3, -0.25) is 0 Å². The lowest BCUT2D eigenvalue weighted by Crippen LogP contribution is -2.47. The van der Waals surface area contributed by atoms with Crippen LogP contribution in [0.5, 0.6) is 0 Å². The number of alkyl halides is 1. The monoisotopic (exact) mass is 331 g/mol. The largest absolute Gasteiger partial charge is 0.303 e. The van der Waals surface area contributed by atoms with E-state index in [1.807, 2.05) is 0 Å². The first-order valence-electron chi connectivity index (χ1n) is 9.24. The van der Waals surface area contributed by atoms with Gasteiger partial charge < -0.3 is 14.7 Å². The van der Waals surface area contributed by atoms with E-state index in [4.69, 9.17) is 11.6 Å². The van der Waals surface area contributed by atoms with Gasteiger partial charge in [0.25, 0.3) is 0 Å². The lowest BCUT2D eigenvalue weighted by atomic mass is 10.1. The summed E-state index contributed by atoms with van der Waals surface area (Å²) < 4.78 is 0. The van der Waals surface area contributed by atoms with Crippen LogP contribution in [0.2, 0.25) is 0 Å². The molecule has 1 fully saturated rings. The first-order valence-corrected chi connectivity index (χ1v) is 9.77. The number of hydrogen-bond donors (Lipinski definition) is 0. The SMILES string of the molecule is CC(C)CN(CCCN1CCN(CCCCl)CC1)CC(C)C. The van der Waals surface area contributed by atoms with Gasteiger partial charge in [-0.25, -0.2) is 0 Å². The molecule has 1 heterocycles. The molecule has 1 aliphatic heterocycles. The molecule has 0 amide bonds. The molecule has 0 spiro atoms. The predicted octanol–water partition coefficient (Wildman–Crippen LogP) is 3.24. The second-order valence-electron chi connectivity index (χ2n) is 7.63. The van der Waals surface area contributed by atoms with Crippen molar-refractivity contribution >= 4 is 11.6 Å². The quantitative estimate of drug-likeness (QED) is 0.538. The van der Waals surface area contributed by atoms with Gasteiger partial charge in [-0.05, 0) is 44.3 Å². The van der Waals surface area contributed by atoms with Gasteiger partial charge in [0.05, 0.1) is 0 Å². The number of piperazine rings is 1. The average Bonchev–Trinajstić information content (AvgIpc) is 2.45. The summed E-state index contributed by atoms with van der Waals surface area (Å²) in [6.45, 7) is 20.4. The number of nitrogens with zero attached hydrogens (tertiary/aromatic N) is 3. The van der Waals surface area contributed by atoms with Gasteiger partial charge >= 0.3 is 0 Å². The Labute approximate surface area is 144 Å². The molecule has 132 valence electrons. The van der Waals surface area contributed by atoms with Crippen molar-refractivity contribution in [2.45, 2.75) is 40.5 Å². The van der Waals surface area contributed by atoms with E-state index in [1.54, 1.807) is 0 Å². The smallest absolute Gasteiger partial charge is 0.0235 e. The van der Waals surface area contributed by atoms with Crippen LogP contribution in [0.25, 0.3) is 0 Å². The molecule has 22 heavy (non-hydrogen) atoms. The molecule has 0 saturated carbocycles. The molecule has 1 rings (SSSR count). The van der Waals surface area contributed by atoms with Crippen molar-refractivity contribution in [2.75, 3.05) is 64.8 Å². The minimum absolute atomic E-state index is 0.768. The third kappa shape index (κ3) is 9.34. The molecule has 0 aliphatic carbocycles. The van der Waals surface area contributed by atoms with Crippen LogP contribution in [-0.4, -0.2) is 79.5 Å². The summed E-state index contributed by atoms with van der Waals surface area (Å²) in [6, 6.07) is 0. The molecule has 1 saturated heterocycles. The Morgan fingerprint density at radius 3 is 1.68 bits per heavy atom. The second-order valence-corrected chi connectivity index (χ2v) is 8.00. The van der Waals surface area contributed by atoms with E-state index < -0.39 is 0 Å². The maximum Gasteiger partial charge on any atom is 0.0235 e. The van der Waals surface area contributed by atoms with Gasteiger partial charge in [0, 0.05) is 45.1 Å². The maximum absolute atomic E-state index is 5.78. The Morgan fingerprint density at radius 2 is 1.27 bits per heavy atom. The summed E-state index contributed by atoms with van der Waals surface area (Å²) in [5, 5.41) is 0. The molecule has 4 heteroatoms. The Morgan fingerprint density at radius 1 is 0.818 bits per heavy atom. The van der Waals surface area contributed by atoms with Crippen molar-refractivity contribution in [1.82, 2.24) is 14.7 Å². The average molecular weight is 332 g/mol. The molecule has 0 N–H and O–H groups in total. The predicted molar refractivity (Wildman–Crippen MR) is 99.0 cm³/mol. The topological polar surface area (TPSA) is 9.72 Å². The van der Waals surface area contributed by atoms with Crippen LogP contribution in [0.15, 0.2) is 0 Å². The highest BCUT2D eigenvalue weighted by molar-refractivity contribution is 6.17. The van der Waals surface area contributed by atoms with Crippen molar-refractivity contribution in [3.8, 4) is 0 Å². The Hall–Kier alpha value is 0.170. The molecule has 0 radical (unpaired) electrons. The van der Waals surface area contributed by atoms with E-state index in [2.05, 4.69) is 42.4 Å². The summed E-state index contributed by atoms with van der Waals surface area (Å²) in [4.78, 5) is 7.86. The number of hydrogen-bond acceptors (Lipinski definition) is 3. The Kier molecular flexibility index (Phi) is 10.7. The number of halogens is 1. The van der Waals surface area contributed by atoms with E-state index in [0.29, 0.717) is 0 Å². The van der Waals surface area contributed by atoms with Crippen LogP contribution >= 0.6 is 11.6 Å². The maximum atomic E-state index is 5.78. The highest BCUT2D eigenvalue weighted by Crippen LogP contribution is 2.07. The molecular weight excluding hydrogens is 294 g/mol. The Bertz CT molecular complexity index is 253. The van der Waals surface area contributed by atoms with Crippen LogP contribution < -0.4 is 0 Å². The zero-order valence-electron chi connectivity index (χ0n) is 15.4. The van der Waals surface area contributed by atoms with Crippen molar-refractivity contribution in [2.24, 2.45) is 11.8 Å². The van der Waals surface area contributed by atoms with Crippen LogP contribution in [0.3, 0.4) is 0 Å². The van der Waals surface area contributed by atoms with Crippen LogP contribution in [0.4, 0.5) is 0 Å². The van der Waals surface area contributed by atoms with Gasteiger partial charge in [-0.2, -0.15) is 0 Å². The highest BCUT2D eigenvalue weighted by Gasteiger charge is 2.16. The van der Waals surface area contributed by atoms with Gasteiger partial charge in [-0.1, -0.05) is 27.7 Å². The van der Waals surface area contributed by atoms with Crippen LogP contribution in [-0.2, 0) is 0 Å². The van der Waals surface area contributed by atoms with Gasteiger partial charge in [0.2, 0.25) is 0 Å². The molecule has 0 unspecified atom stereocenters. The summed E-state index contributed by atoms with van der Waals surface area (Å²) in [6.07, 6.45) is 2.43. The minimum atomic E-state index is 0.768. The van der Waals surface area contributed by atoms with Gasteiger partial charge in [0.15, 0.2) is 0 Å². The second kappa shape index (κ2) is 11.7. The fourth-order valence-corrected chi connectivity index (χ4v) is 3.45. The first kappa shape index (κ1) is 20.2. The zero-order chi connectivity index (χ0) is 16.4. The summed E-state index contributed by atoms with van der Waals surface area (Å²) in [7, 11) is 0. The molecule has 0 atom stereocenters. The van der Waals surface area contributed by atoms with Crippen molar-refractivity contribution in [3.63, 3.8) is 0 Å². The standard InChI is InChI=1S/C18H38ClN3/c1-17(2)15-22(16-18(3)4)10-6-9-21-13-11-20(12-14-21)8-5-7-19/h17-18H,5-16H2,1-4H3. The molecule has 0 aromatic heterocycles. The molecular formula is C18H38ClN3. The Balaban J connectivity index is 2.17. The van der Waals surface area contributed by atoms with Crippen molar-refractivity contribution in [1.29, 1.82) is 0 Å². The lowest BCUT2D eigenvalue weighted by molar-refractivity contribution is 0.124. The summed E-state index contributed by atoms with van der Waals surface area (Å²) >= 11 is 5.78. The normalized spacial score (nSPS) is 18.0. The van der Waals surface area contributed by atoms with E-state index in [0.717, 1.165) is 24.1 Å². The zero-order valence-corrected chi connectivity index (χ0v) is 16.1. The molecule has 0 bridgehead atoms. The fraction of sp³-hybridized carbons (Fsp3) is 1.00. The molecule has 3 nitrogen and oxygen atoms in total.